The summed E-state index contributed by atoms with van der Waals surface area (Å²) in [6, 6.07) is 8.00. The van der Waals surface area contributed by atoms with Gasteiger partial charge < -0.3 is 4.74 Å². The van der Waals surface area contributed by atoms with E-state index in [0.29, 0.717) is 12.3 Å². The fourth-order valence-electron chi connectivity index (χ4n) is 2.51. The fraction of sp³-hybridized carbons (Fsp3) is 0.438. The average molecular weight is 244 g/mol. The van der Waals surface area contributed by atoms with Gasteiger partial charge in [-0.15, -0.1) is 0 Å². The van der Waals surface area contributed by atoms with Crippen LogP contribution in [0.25, 0.3) is 5.57 Å². The number of carbonyl (C=O) groups is 1. The van der Waals surface area contributed by atoms with Gasteiger partial charge in [0.1, 0.15) is 5.75 Å². The van der Waals surface area contributed by atoms with Gasteiger partial charge >= 0.3 is 0 Å². The maximum atomic E-state index is 11.6. The van der Waals surface area contributed by atoms with Crippen molar-refractivity contribution in [2.24, 2.45) is 5.92 Å². The lowest BCUT2D eigenvalue weighted by atomic mass is 9.90. The molecule has 0 bridgehead atoms. The van der Waals surface area contributed by atoms with Gasteiger partial charge in [-0.1, -0.05) is 31.9 Å². The third-order valence-corrected chi connectivity index (χ3v) is 3.53. The molecule has 1 aliphatic rings. The number of hydrogen-bond donors (Lipinski definition) is 0. The van der Waals surface area contributed by atoms with Crippen LogP contribution in [0.15, 0.2) is 30.3 Å². The second kappa shape index (κ2) is 5.85. The number of unbranched alkanes of at least 4 members (excludes halogenated alkanes) is 1. The third-order valence-electron chi connectivity index (χ3n) is 3.53. The van der Waals surface area contributed by atoms with Crippen LogP contribution in [-0.2, 0) is 4.79 Å². The van der Waals surface area contributed by atoms with Gasteiger partial charge in [0, 0.05) is 6.42 Å². The largest absolute Gasteiger partial charge is 0.497 e. The van der Waals surface area contributed by atoms with Crippen molar-refractivity contribution in [1.82, 2.24) is 0 Å². The monoisotopic (exact) mass is 244 g/mol. The highest BCUT2D eigenvalue weighted by Gasteiger charge is 2.25. The summed E-state index contributed by atoms with van der Waals surface area (Å²) < 4.78 is 5.16. The maximum Gasteiger partial charge on any atom is 0.156 e. The summed E-state index contributed by atoms with van der Waals surface area (Å²) in [4.78, 5) is 11.6. The summed E-state index contributed by atoms with van der Waals surface area (Å²) in [7, 11) is 1.66. The number of carbonyl (C=O) groups excluding carboxylic acids is 1. The summed E-state index contributed by atoms with van der Waals surface area (Å²) in [5, 5.41) is 0. The van der Waals surface area contributed by atoms with E-state index in [1.165, 1.54) is 18.4 Å². The van der Waals surface area contributed by atoms with E-state index in [-0.39, 0.29) is 5.78 Å². The molecule has 2 rings (SSSR count). The topological polar surface area (TPSA) is 26.3 Å². The standard InChI is InChI=1S/C16H20O2/c1-3-4-5-13-10-14(17)11-16(13)12-6-8-15(18-2)9-7-12/h6-9,11,13H,3-5,10H2,1-2H3. The van der Waals surface area contributed by atoms with Crippen molar-refractivity contribution >= 4 is 11.4 Å². The molecule has 1 aromatic carbocycles. The molecule has 1 atom stereocenters. The van der Waals surface area contributed by atoms with Gasteiger partial charge in [-0.05, 0) is 41.7 Å². The lowest BCUT2D eigenvalue weighted by molar-refractivity contribution is -0.114. The normalized spacial score (nSPS) is 18.9. The Kier molecular flexibility index (Phi) is 4.19. The molecule has 0 saturated heterocycles. The molecule has 0 radical (unpaired) electrons. The SMILES string of the molecule is CCCCC1CC(=O)C=C1c1ccc(OC)cc1. The molecule has 2 heteroatoms. The number of methoxy groups -OCH3 is 1. The van der Waals surface area contributed by atoms with Crippen molar-refractivity contribution in [2.75, 3.05) is 7.11 Å². The molecule has 0 aromatic heterocycles. The molecule has 1 unspecified atom stereocenters. The van der Waals surface area contributed by atoms with Crippen LogP contribution in [0.2, 0.25) is 0 Å². The van der Waals surface area contributed by atoms with E-state index in [0.717, 1.165) is 17.7 Å². The van der Waals surface area contributed by atoms with Crippen LogP contribution in [0.1, 0.15) is 38.2 Å². The molecule has 2 nitrogen and oxygen atoms in total. The highest BCUT2D eigenvalue weighted by atomic mass is 16.5. The number of ether oxygens (including phenoxy) is 1. The van der Waals surface area contributed by atoms with E-state index in [2.05, 4.69) is 6.92 Å². The first-order valence-corrected chi connectivity index (χ1v) is 6.63. The van der Waals surface area contributed by atoms with Crippen molar-refractivity contribution in [3.63, 3.8) is 0 Å². The maximum absolute atomic E-state index is 11.6. The highest BCUT2D eigenvalue weighted by Crippen LogP contribution is 2.35. The minimum absolute atomic E-state index is 0.266. The third kappa shape index (κ3) is 2.81. The molecule has 0 heterocycles. The molecule has 0 fully saturated rings. The Morgan fingerprint density at radius 1 is 1.28 bits per heavy atom. The second-order valence-corrected chi connectivity index (χ2v) is 4.84. The Bertz CT molecular complexity index is 443. The molecule has 18 heavy (non-hydrogen) atoms. The fourth-order valence-corrected chi connectivity index (χ4v) is 2.51. The van der Waals surface area contributed by atoms with Crippen LogP contribution < -0.4 is 4.74 Å². The number of rotatable bonds is 5. The predicted octanol–water partition coefficient (Wildman–Crippen LogP) is 3.86. The van der Waals surface area contributed by atoms with Crippen molar-refractivity contribution in [2.45, 2.75) is 32.6 Å². The molecule has 96 valence electrons. The Morgan fingerprint density at radius 2 is 2.00 bits per heavy atom. The Balaban J connectivity index is 2.17. The zero-order valence-corrected chi connectivity index (χ0v) is 11.1. The zero-order chi connectivity index (χ0) is 13.0. The molecular weight excluding hydrogens is 224 g/mol. The number of allylic oxidation sites excluding steroid dienone is 2. The second-order valence-electron chi connectivity index (χ2n) is 4.84. The van der Waals surface area contributed by atoms with Gasteiger partial charge in [0.2, 0.25) is 0 Å². The van der Waals surface area contributed by atoms with Gasteiger partial charge in [-0.25, -0.2) is 0 Å². The number of hydrogen-bond acceptors (Lipinski definition) is 2. The minimum Gasteiger partial charge on any atom is -0.497 e. The van der Waals surface area contributed by atoms with Crippen LogP contribution in [0.3, 0.4) is 0 Å². The van der Waals surface area contributed by atoms with E-state index in [1.54, 1.807) is 7.11 Å². The van der Waals surface area contributed by atoms with Gasteiger partial charge in [-0.3, -0.25) is 4.79 Å². The van der Waals surface area contributed by atoms with Crippen molar-refractivity contribution < 1.29 is 9.53 Å². The molecule has 0 N–H and O–H groups in total. The molecule has 0 spiro atoms. The first kappa shape index (κ1) is 12.9. The summed E-state index contributed by atoms with van der Waals surface area (Å²) in [5.41, 5.74) is 2.36. The lowest BCUT2D eigenvalue weighted by Crippen LogP contribution is -2.00. The van der Waals surface area contributed by atoms with E-state index in [4.69, 9.17) is 4.74 Å². The summed E-state index contributed by atoms with van der Waals surface area (Å²) in [5.74, 6) is 1.53. The van der Waals surface area contributed by atoms with Gasteiger partial charge in [-0.2, -0.15) is 0 Å². The highest BCUT2D eigenvalue weighted by molar-refractivity contribution is 6.02. The van der Waals surface area contributed by atoms with Crippen LogP contribution in [0, 0.1) is 5.92 Å². The molecule has 0 aliphatic heterocycles. The molecular formula is C16H20O2. The first-order valence-electron chi connectivity index (χ1n) is 6.63. The molecule has 1 aromatic rings. The smallest absolute Gasteiger partial charge is 0.156 e. The average Bonchev–Trinajstić information content (AvgIpc) is 2.77. The zero-order valence-electron chi connectivity index (χ0n) is 11.1. The van der Waals surface area contributed by atoms with Gasteiger partial charge in [0.15, 0.2) is 5.78 Å². The number of ketones is 1. The van der Waals surface area contributed by atoms with E-state index in [1.807, 2.05) is 30.3 Å². The summed E-state index contributed by atoms with van der Waals surface area (Å²) in [6.45, 7) is 2.19. The van der Waals surface area contributed by atoms with Crippen molar-refractivity contribution in [1.29, 1.82) is 0 Å². The van der Waals surface area contributed by atoms with Crippen LogP contribution in [-0.4, -0.2) is 12.9 Å². The van der Waals surface area contributed by atoms with Crippen molar-refractivity contribution in [3.05, 3.63) is 35.9 Å². The minimum atomic E-state index is 0.266. The Labute approximate surface area is 109 Å². The Hall–Kier alpha value is -1.57. The van der Waals surface area contributed by atoms with E-state index in [9.17, 15) is 4.79 Å². The van der Waals surface area contributed by atoms with Crippen molar-refractivity contribution in [3.8, 4) is 5.75 Å². The molecule has 0 amide bonds. The van der Waals surface area contributed by atoms with E-state index < -0.39 is 0 Å². The number of benzene rings is 1. The van der Waals surface area contributed by atoms with Crippen LogP contribution in [0.4, 0.5) is 0 Å². The molecule has 0 saturated carbocycles. The summed E-state index contributed by atoms with van der Waals surface area (Å²) >= 11 is 0. The molecule has 1 aliphatic carbocycles. The first-order chi connectivity index (χ1) is 8.74. The van der Waals surface area contributed by atoms with Crippen LogP contribution in [0.5, 0.6) is 5.75 Å². The van der Waals surface area contributed by atoms with Gasteiger partial charge in [0.05, 0.1) is 7.11 Å². The Morgan fingerprint density at radius 3 is 2.61 bits per heavy atom. The van der Waals surface area contributed by atoms with Gasteiger partial charge in [0.25, 0.3) is 0 Å². The van der Waals surface area contributed by atoms with Crippen LogP contribution >= 0.6 is 0 Å². The predicted molar refractivity (Wildman–Crippen MR) is 73.6 cm³/mol. The quantitative estimate of drug-likeness (QED) is 0.786. The van der Waals surface area contributed by atoms with E-state index >= 15 is 0 Å². The lowest BCUT2D eigenvalue weighted by Gasteiger charge is -2.14. The summed E-state index contributed by atoms with van der Waals surface area (Å²) in [6.07, 6.45) is 5.98.